The average Bonchev–Trinajstić information content (AvgIpc) is 1.62. The Hall–Kier alpha value is 0.140. The minimum absolute atomic E-state index is 0.315. The summed E-state index contributed by atoms with van der Waals surface area (Å²) in [6.07, 6.45) is -3.01. The summed E-state index contributed by atoms with van der Waals surface area (Å²) in [5.74, 6) is 0. The largest absolute Gasteiger partial charge is 0.390 e. The molecule has 0 spiro atoms. The van der Waals surface area contributed by atoms with Crippen molar-refractivity contribution < 1.29 is 13.2 Å². The Morgan fingerprint density at radius 2 is 1.89 bits per heavy atom. The van der Waals surface area contributed by atoms with Crippen molar-refractivity contribution >= 4 is 11.8 Å². The molecule has 0 saturated carbocycles. The number of hydrogen-bond acceptors (Lipinski definition) is 1. The van der Waals surface area contributed by atoms with Gasteiger partial charge in [0, 0.05) is 5.25 Å². The average molecular weight is 158 g/mol. The van der Waals surface area contributed by atoms with E-state index in [4.69, 9.17) is 0 Å². The second-order valence-electron chi connectivity index (χ2n) is 1.87. The highest BCUT2D eigenvalue weighted by Crippen LogP contribution is 2.25. The highest BCUT2D eigenvalue weighted by Gasteiger charge is 2.29. The molecule has 0 aliphatic heterocycles. The molecule has 0 aliphatic carbocycles. The number of halogens is 3. The standard InChI is InChI=1S/C5H9F3S/c1-4(9-2)3-5(6,7)8/h4H,3H2,1-2H3. The molecule has 0 aromatic carbocycles. The molecular formula is C5H9F3S. The predicted molar refractivity (Wildman–Crippen MR) is 33.6 cm³/mol. The fraction of sp³-hybridized carbons (Fsp3) is 1.00. The van der Waals surface area contributed by atoms with Gasteiger partial charge in [-0.2, -0.15) is 24.9 Å². The highest BCUT2D eigenvalue weighted by atomic mass is 32.2. The summed E-state index contributed by atoms with van der Waals surface area (Å²) >= 11 is 1.23. The molecule has 0 heterocycles. The van der Waals surface area contributed by atoms with E-state index in [-0.39, 0.29) is 5.25 Å². The SMILES string of the molecule is CSC(C)CC(F)(F)F. The van der Waals surface area contributed by atoms with E-state index in [0.717, 1.165) is 0 Å². The molecule has 1 atom stereocenters. The molecule has 0 saturated heterocycles. The zero-order valence-electron chi connectivity index (χ0n) is 5.33. The molecule has 0 bridgehead atoms. The lowest BCUT2D eigenvalue weighted by molar-refractivity contribution is -0.133. The van der Waals surface area contributed by atoms with Crippen LogP contribution in [0, 0.1) is 0 Å². The topological polar surface area (TPSA) is 0 Å². The third-order valence-corrected chi connectivity index (χ3v) is 1.89. The first-order valence-corrected chi connectivity index (χ1v) is 3.84. The van der Waals surface area contributed by atoms with Crippen molar-refractivity contribution in [3.05, 3.63) is 0 Å². The molecule has 4 heteroatoms. The maximum absolute atomic E-state index is 11.5. The van der Waals surface area contributed by atoms with Gasteiger partial charge in [0.1, 0.15) is 0 Å². The van der Waals surface area contributed by atoms with E-state index >= 15 is 0 Å². The molecule has 56 valence electrons. The summed E-state index contributed by atoms with van der Waals surface area (Å²) < 4.78 is 34.4. The van der Waals surface area contributed by atoms with Crippen LogP contribution in [0.1, 0.15) is 13.3 Å². The number of rotatable bonds is 2. The molecule has 0 rings (SSSR count). The van der Waals surface area contributed by atoms with Crippen molar-refractivity contribution in [3.63, 3.8) is 0 Å². The van der Waals surface area contributed by atoms with E-state index in [1.165, 1.54) is 11.8 Å². The van der Waals surface area contributed by atoms with E-state index in [9.17, 15) is 13.2 Å². The molecule has 0 aliphatic rings. The Morgan fingerprint density at radius 3 is 2.00 bits per heavy atom. The first kappa shape index (κ1) is 9.14. The van der Waals surface area contributed by atoms with E-state index in [2.05, 4.69) is 0 Å². The maximum Gasteiger partial charge on any atom is 0.390 e. The summed E-state index contributed by atoms with van der Waals surface area (Å²) in [6.45, 7) is 1.57. The van der Waals surface area contributed by atoms with Crippen LogP contribution >= 0.6 is 11.8 Å². The second-order valence-corrected chi connectivity index (χ2v) is 3.14. The van der Waals surface area contributed by atoms with Gasteiger partial charge in [-0.15, -0.1) is 0 Å². The lowest BCUT2D eigenvalue weighted by Crippen LogP contribution is -2.13. The number of thioether (sulfide) groups is 1. The van der Waals surface area contributed by atoms with Gasteiger partial charge in [-0.3, -0.25) is 0 Å². The lowest BCUT2D eigenvalue weighted by Gasteiger charge is -2.10. The van der Waals surface area contributed by atoms with E-state index in [0.29, 0.717) is 0 Å². The van der Waals surface area contributed by atoms with Crippen molar-refractivity contribution in [1.82, 2.24) is 0 Å². The quantitative estimate of drug-likeness (QED) is 0.595. The molecule has 9 heavy (non-hydrogen) atoms. The Labute approximate surface area is 56.8 Å². The number of hydrogen-bond donors (Lipinski definition) is 0. The van der Waals surface area contributed by atoms with Gasteiger partial charge in [0.2, 0.25) is 0 Å². The van der Waals surface area contributed by atoms with Gasteiger partial charge in [-0.25, -0.2) is 0 Å². The summed E-state index contributed by atoms with van der Waals surface area (Å²) in [7, 11) is 0. The summed E-state index contributed by atoms with van der Waals surface area (Å²) in [6, 6.07) is 0. The van der Waals surface area contributed by atoms with Crippen molar-refractivity contribution in [3.8, 4) is 0 Å². The molecule has 0 amide bonds. The fourth-order valence-corrected chi connectivity index (χ4v) is 0.765. The Bertz CT molecular complexity index is 78.8. The van der Waals surface area contributed by atoms with Gasteiger partial charge in [0.05, 0.1) is 6.42 Å². The molecular weight excluding hydrogens is 149 g/mol. The zero-order chi connectivity index (χ0) is 7.49. The smallest absolute Gasteiger partial charge is 0.171 e. The molecule has 1 unspecified atom stereocenters. The van der Waals surface area contributed by atoms with Crippen LogP contribution < -0.4 is 0 Å². The summed E-state index contributed by atoms with van der Waals surface area (Å²) in [5.41, 5.74) is 0. The van der Waals surface area contributed by atoms with Gasteiger partial charge in [0.25, 0.3) is 0 Å². The maximum atomic E-state index is 11.5. The van der Waals surface area contributed by atoms with Crippen LogP contribution in [0.4, 0.5) is 13.2 Å². The molecule has 0 radical (unpaired) electrons. The molecule has 0 fully saturated rings. The van der Waals surface area contributed by atoms with Gasteiger partial charge >= 0.3 is 6.18 Å². The Kier molecular flexibility index (Phi) is 3.40. The first-order valence-electron chi connectivity index (χ1n) is 2.55. The van der Waals surface area contributed by atoms with Gasteiger partial charge in [0.15, 0.2) is 0 Å². The van der Waals surface area contributed by atoms with Crippen LogP contribution in [0.5, 0.6) is 0 Å². The minimum atomic E-state index is -4.00. The van der Waals surface area contributed by atoms with E-state index in [1.54, 1.807) is 13.2 Å². The first-order chi connectivity index (χ1) is 3.95. The van der Waals surface area contributed by atoms with Crippen molar-refractivity contribution in [1.29, 1.82) is 0 Å². The van der Waals surface area contributed by atoms with Crippen LogP contribution in [0.2, 0.25) is 0 Å². The highest BCUT2D eigenvalue weighted by molar-refractivity contribution is 7.99. The van der Waals surface area contributed by atoms with Crippen molar-refractivity contribution in [2.45, 2.75) is 24.8 Å². The van der Waals surface area contributed by atoms with Crippen LogP contribution in [0.25, 0.3) is 0 Å². The van der Waals surface area contributed by atoms with Crippen LogP contribution in [-0.2, 0) is 0 Å². The van der Waals surface area contributed by atoms with Crippen LogP contribution in [0.15, 0.2) is 0 Å². The zero-order valence-corrected chi connectivity index (χ0v) is 6.14. The van der Waals surface area contributed by atoms with Crippen LogP contribution in [-0.4, -0.2) is 17.7 Å². The second kappa shape index (κ2) is 3.34. The van der Waals surface area contributed by atoms with E-state index < -0.39 is 12.6 Å². The summed E-state index contributed by atoms with van der Waals surface area (Å²) in [5, 5.41) is -0.315. The van der Waals surface area contributed by atoms with Gasteiger partial charge in [-0.1, -0.05) is 6.92 Å². The van der Waals surface area contributed by atoms with E-state index in [1.807, 2.05) is 0 Å². The molecule has 0 aromatic rings. The third kappa shape index (κ3) is 6.02. The van der Waals surface area contributed by atoms with Crippen molar-refractivity contribution in [2.75, 3.05) is 6.26 Å². The molecule has 0 nitrogen and oxygen atoms in total. The predicted octanol–water partition coefficient (Wildman–Crippen LogP) is 2.69. The van der Waals surface area contributed by atoms with Gasteiger partial charge < -0.3 is 0 Å². The normalized spacial score (nSPS) is 15.7. The minimum Gasteiger partial charge on any atom is -0.171 e. The Morgan fingerprint density at radius 1 is 1.44 bits per heavy atom. The number of alkyl halides is 3. The summed E-state index contributed by atoms with van der Waals surface area (Å²) in [4.78, 5) is 0. The van der Waals surface area contributed by atoms with Crippen LogP contribution in [0.3, 0.4) is 0 Å². The Balaban J connectivity index is 3.47. The molecule has 0 aromatic heterocycles. The van der Waals surface area contributed by atoms with Gasteiger partial charge in [-0.05, 0) is 6.26 Å². The monoisotopic (exact) mass is 158 g/mol. The van der Waals surface area contributed by atoms with Crippen molar-refractivity contribution in [2.24, 2.45) is 0 Å². The third-order valence-electron chi connectivity index (χ3n) is 0.921. The fourth-order valence-electron chi connectivity index (χ4n) is 0.409. The lowest BCUT2D eigenvalue weighted by atomic mass is 10.3. The molecule has 0 N–H and O–H groups in total.